The number of carbonyl (C=O) groups excluding carboxylic acids is 3. The molecule has 1 saturated carbocycles. The molecule has 7 nitrogen and oxygen atoms in total. The lowest BCUT2D eigenvalue weighted by molar-refractivity contribution is -0.141. The Morgan fingerprint density at radius 1 is 0.806 bits per heavy atom. The topological polar surface area (TPSA) is 95.7 Å². The molecule has 0 radical (unpaired) electrons. The van der Waals surface area contributed by atoms with Crippen LogP contribution in [0.5, 0.6) is 0 Å². The zero-order valence-electron chi connectivity index (χ0n) is 18.2. The van der Waals surface area contributed by atoms with Gasteiger partial charge in [-0.1, -0.05) is 19.3 Å². The fourth-order valence-corrected chi connectivity index (χ4v) is 5.29. The smallest absolute Gasteiger partial charge is 0.247 e. The first-order valence-electron chi connectivity index (χ1n) is 11.8. The first kappa shape index (κ1) is 21.7. The second kappa shape index (κ2) is 9.71. The molecule has 4 rings (SSSR count). The van der Waals surface area contributed by atoms with E-state index in [-0.39, 0.29) is 35.6 Å². The van der Waals surface area contributed by atoms with Gasteiger partial charge < -0.3 is 20.9 Å². The molecule has 7 heteroatoms. The van der Waals surface area contributed by atoms with Crippen molar-refractivity contribution in [2.24, 2.45) is 17.6 Å². The lowest BCUT2D eigenvalue weighted by atomic mass is 9.88. The summed E-state index contributed by atoms with van der Waals surface area (Å²) in [5.74, 6) is -0.0509. The van der Waals surface area contributed by atoms with Crippen molar-refractivity contribution in [1.82, 2.24) is 4.90 Å². The molecule has 3 amide bonds. The molecule has 3 fully saturated rings. The summed E-state index contributed by atoms with van der Waals surface area (Å²) in [4.78, 5) is 41.3. The van der Waals surface area contributed by atoms with Crippen LogP contribution in [-0.4, -0.2) is 48.3 Å². The summed E-state index contributed by atoms with van der Waals surface area (Å²) in [6, 6.07) is 7.46. The highest BCUT2D eigenvalue weighted by molar-refractivity contribution is 5.98. The van der Waals surface area contributed by atoms with Crippen LogP contribution in [0.2, 0.25) is 0 Å². The Morgan fingerprint density at radius 3 is 2.13 bits per heavy atom. The van der Waals surface area contributed by atoms with Gasteiger partial charge in [-0.15, -0.1) is 0 Å². The van der Waals surface area contributed by atoms with Crippen LogP contribution in [-0.2, 0) is 14.4 Å². The van der Waals surface area contributed by atoms with Crippen LogP contribution in [0.3, 0.4) is 0 Å². The average Bonchev–Trinajstić information content (AvgIpc) is 3.30. The molecular formula is C24H34N4O3. The number of benzene rings is 1. The van der Waals surface area contributed by atoms with Gasteiger partial charge in [-0.2, -0.15) is 0 Å². The highest BCUT2D eigenvalue weighted by Gasteiger charge is 2.37. The maximum atomic E-state index is 13.0. The Balaban J connectivity index is 1.33. The summed E-state index contributed by atoms with van der Waals surface area (Å²) < 4.78 is 0. The van der Waals surface area contributed by atoms with Crippen molar-refractivity contribution in [2.45, 2.75) is 63.8 Å². The van der Waals surface area contributed by atoms with E-state index in [0.717, 1.165) is 75.8 Å². The summed E-state index contributed by atoms with van der Waals surface area (Å²) in [7, 11) is 0. The second-order valence-corrected chi connectivity index (χ2v) is 9.22. The molecule has 168 valence electrons. The molecule has 3 N–H and O–H groups in total. The second-order valence-electron chi connectivity index (χ2n) is 9.22. The van der Waals surface area contributed by atoms with Gasteiger partial charge in [-0.25, -0.2) is 0 Å². The Hall–Kier alpha value is -2.57. The van der Waals surface area contributed by atoms with E-state index in [0.29, 0.717) is 6.54 Å². The third-order valence-electron chi connectivity index (χ3n) is 7.19. The van der Waals surface area contributed by atoms with E-state index in [1.165, 1.54) is 6.42 Å². The molecule has 2 aliphatic heterocycles. The minimum absolute atomic E-state index is 0.0273. The van der Waals surface area contributed by atoms with E-state index in [9.17, 15) is 14.4 Å². The number of hydrogen-bond acceptors (Lipinski definition) is 4. The maximum Gasteiger partial charge on any atom is 0.247 e. The highest BCUT2D eigenvalue weighted by Crippen LogP contribution is 2.30. The molecule has 2 saturated heterocycles. The monoisotopic (exact) mass is 426 g/mol. The van der Waals surface area contributed by atoms with Crippen molar-refractivity contribution >= 4 is 29.1 Å². The SMILES string of the molecule is NC(=O)C1CCN(c2ccc(NC(=O)C3CCCN3C(=O)C3CCCCC3)cc2)CC1. The van der Waals surface area contributed by atoms with Gasteiger partial charge in [0.2, 0.25) is 17.7 Å². The number of amides is 3. The molecule has 0 aromatic heterocycles. The summed E-state index contributed by atoms with van der Waals surface area (Å²) in [5, 5.41) is 3.01. The third-order valence-corrected chi connectivity index (χ3v) is 7.19. The molecule has 1 aromatic rings. The van der Waals surface area contributed by atoms with Gasteiger partial charge in [0.15, 0.2) is 0 Å². The lowest BCUT2D eigenvalue weighted by Crippen LogP contribution is -2.46. The van der Waals surface area contributed by atoms with E-state index in [4.69, 9.17) is 5.73 Å². The van der Waals surface area contributed by atoms with Gasteiger partial charge >= 0.3 is 0 Å². The molecular weight excluding hydrogens is 392 g/mol. The third kappa shape index (κ3) is 5.02. The highest BCUT2D eigenvalue weighted by atomic mass is 16.2. The van der Waals surface area contributed by atoms with E-state index < -0.39 is 0 Å². The van der Waals surface area contributed by atoms with Crippen molar-refractivity contribution < 1.29 is 14.4 Å². The summed E-state index contributed by atoms with van der Waals surface area (Å²) in [6.45, 7) is 2.30. The van der Waals surface area contributed by atoms with Crippen LogP contribution in [0.15, 0.2) is 24.3 Å². The standard InChI is InChI=1S/C24H34N4O3/c25-22(29)17-12-15-27(16-13-17)20-10-8-19(9-11-20)26-23(30)21-7-4-14-28(21)24(31)18-5-2-1-3-6-18/h8-11,17-18,21H,1-7,12-16H2,(H2,25,29)(H,26,30). The number of nitrogens with zero attached hydrogens (tertiary/aromatic N) is 2. The number of likely N-dealkylation sites (tertiary alicyclic amines) is 1. The fourth-order valence-electron chi connectivity index (χ4n) is 5.29. The number of nitrogens with one attached hydrogen (secondary N) is 1. The zero-order chi connectivity index (χ0) is 21.8. The predicted molar refractivity (Wildman–Crippen MR) is 121 cm³/mol. The Labute approximate surface area is 184 Å². The lowest BCUT2D eigenvalue weighted by Gasteiger charge is -2.32. The Kier molecular flexibility index (Phi) is 6.78. The van der Waals surface area contributed by atoms with Gasteiger partial charge in [-0.05, 0) is 62.8 Å². The number of hydrogen-bond donors (Lipinski definition) is 2. The predicted octanol–water partition coefficient (Wildman–Crippen LogP) is 2.90. The Bertz CT molecular complexity index is 796. The van der Waals surface area contributed by atoms with E-state index in [1.807, 2.05) is 29.2 Å². The minimum Gasteiger partial charge on any atom is -0.371 e. The van der Waals surface area contributed by atoms with Crippen LogP contribution in [0.4, 0.5) is 11.4 Å². The van der Waals surface area contributed by atoms with Crippen LogP contribution in [0, 0.1) is 11.8 Å². The van der Waals surface area contributed by atoms with Crippen molar-refractivity contribution in [1.29, 1.82) is 0 Å². The number of carbonyl (C=O) groups is 3. The molecule has 1 atom stereocenters. The molecule has 0 bridgehead atoms. The van der Waals surface area contributed by atoms with Crippen LogP contribution < -0.4 is 16.0 Å². The van der Waals surface area contributed by atoms with Gasteiger partial charge in [-0.3, -0.25) is 14.4 Å². The molecule has 1 unspecified atom stereocenters. The normalized spacial score (nSPS) is 23.0. The fraction of sp³-hybridized carbons (Fsp3) is 0.625. The molecule has 1 aromatic carbocycles. The van der Waals surface area contributed by atoms with E-state index >= 15 is 0 Å². The van der Waals surface area contributed by atoms with Gasteiger partial charge in [0.25, 0.3) is 0 Å². The quantitative estimate of drug-likeness (QED) is 0.757. The van der Waals surface area contributed by atoms with Gasteiger partial charge in [0.05, 0.1) is 0 Å². The Morgan fingerprint density at radius 2 is 1.48 bits per heavy atom. The van der Waals surface area contributed by atoms with Crippen LogP contribution in [0.25, 0.3) is 0 Å². The van der Waals surface area contributed by atoms with E-state index in [1.54, 1.807) is 0 Å². The molecule has 3 aliphatic rings. The number of nitrogens with two attached hydrogens (primary N) is 1. The molecule has 0 spiro atoms. The number of anilines is 2. The zero-order valence-corrected chi connectivity index (χ0v) is 18.2. The number of piperidine rings is 1. The van der Waals surface area contributed by atoms with Crippen molar-refractivity contribution in [3.63, 3.8) is 0 Å². The number of rotatable bonds is 5. The molecule has 31 heavy (non-hydrogen) atoms. The summed E-state index contributed by atoms with van der Waals surface area (Å²) >= 11 is 0. The van der Waals surface area contributed by atoms with Crippen molar-refractivity contribution in [3.8, 4) is 0 Å². The van der Waals surface area contributed by atoms with Crippen molar-refractivity contribution in [3.05, 3.63) is 24.3 Å². The molecule has 2 heterocycles. The van der Waals surface area contributed by atoms with Crippen LogP contribution in [0.1, 0.15) is 57.8 Å². The number of primary amides is 1. The first-order valence-corrected chi connectivity index (χ1v) is 11.8. The largest absolute Gasteiger partial charge is 0.371 e. The van der Waals surface area contributed by atoms with Gasteiger partial charge in [0.1, 0.15) is 6.04 Å². The summed E-state index contributed by atoms with van der Waals surface area (Å²) in [5.41, 5.74) is 7.25. The molecule has 1 aliphatic carbocycles. The van der Waals surface area contributed by atoms with Gasteiger partial charge in [0, 0.05) is 42.8 Å². The van der Waals surface area contributed by atoms with Crippen molar-refractivity contribution in [2.75, 3.05) is 29.9 Å². The average molecular weight is 427 g/mol. The summed E-state index contributed by atoms with van der Waals surface area (Å²) in [6.07, 6.45) is 8.55. The van der Waals surface area contributed by atoms with Crippen LogP contribution >= 0.6 is 0 Å². The first-order chi connectivity index (χ1) is 15.0. The van der Waals surface area contributed by atoms with E-state index in [2.05, 4.69) is 10.2 Å². The minimum atomic E-state index is -0.359. The maximum absolute atomic E-state index is 13.0.